The molecule has 0 bridgehead atoms. The van der Waals surface area contributed by atoms with Gasteiger partial charge < -0.3 is 9.67 Å². The number of aliphatic carboxylic acids is 1. The molecular formula is C11H9N5O2. The van der Waals surface area contributed by atoms with E-state index in [4.69, 9.17) is 10.4 Å². The summed E-state index contributed by atoms with van der Waals surface area (Å²) in [6.07, 6.45) is 2.16. The van der Waals surface area contributed by atoms with Gasteiger partial charge in [-0.25, -0.2) is 19.7 Å². The molecule has 1 N–H and O–H groups in total. The molecule has 0 spiro atoms. The summed E-state index contributed by atoms with van der Waals surface area (Å²) in [7, 11) is 1.77. The third-order valence-electron chi connectivity index (χ3n) is 2.44. The molecule has 90 valence electrons. The second-order valence-corrected chi connectivity index (χ2v) is 3.60. The number of hydrogen-bond donors (Lipinski definition) is 1. The molecule has 7 heteroatoms. The first-order valence-corrected chi connectivity index (χ1v) is 5.05. The maximum Gasteiger partial charge on any atom is 0.328 e. The lowest BCUT2D eigenvalue weighted by atomic mass is 10.3. The summed E-state index contributed by atoms with van der Waals surface area (Å²) < 4.78 is 1.72. The summed E-state index contributed by atoms with van der Waals surface area (Å²) in [6.45, 7) is 1.79. The fourth-order valence-corrected chi connectivity index (χ4v) is 1.49. The largest absolute Gasteiger partial charge is 0.478 e. The number of imidazole rings is 1. The van der Waals surface area contributed by atoms with E-state index in [0.29, 0.717) is 17.0 Å². The molecule has 2 heterocycles. The van der Waals surface area contributed by atoms with Crippen LogP contribution in [-0.2, 0) is 11.8 Å². The molecule has 0 aliphatic rings. The molecule has 18 heavy (non-hydrogen) atoms. The van der Waals surface area contributed by atoms with Crippen molar-refractivity contribution in [3.63, 3.8) is 0 Å². The van der Waals surface area contributed by atoms with E-state index in [0.717, 1.165) is 6.08 Å². The van der Waals surface area contributed by atoms with Gasteiger partial charge >= 0.3 is 5.97 Å². The molecule has 0 unspecified atom stereocenters. The zero-order valence-corrected chi connectivity index (χ0v) is 9.75. The van der Waals surface area contributed by atoms with Crippen LogP contribution in [0.3, 0.4) is 0 Å². The summed E-state index contributed by atoms with van der Waals surface area (Å²) in [5.41, 5.74) is 1.06. The topological polar surface area (TPSA) is 105 Å². The molecule has 0 aliphatic heterocycles. The summed E-state index contributed by atoms with van der Waals surface area (Å²) in [6, 6.07) is 1.93. The average Bonchev–Trinajstić information content (AvgIpc) is 2.62. The minimum Gasteiger partial charge on any atom is -0.478 e. The van der Waals surface area contributed by atoms with E-state index in [1.165, 1.54) is 6.08 Å². The van der Waals surface area contributed by atoms with Crippen LogP contribution in [0, 0.1) is 18.3 Å². The van der Waals surface area contributed by atoms with Gasteiger partial charge in [-0.05, 0) is 13.0 Å². The Balaban J connectivity index is 2.69. The van der Waals surface area contributed by atoms with Gasteiger partial charge in [-0.2, -0.15) is 5.26 Å². The fourth-order valence-electron chi connectivity index (χ4n) is 1.49. The first-order chi connectivity index (χ1) is 8.52. The number of carboxylic acids is 1. The standard InChI is InChI=1S/C11H9N5O2/c1-6-13-10-7(5-12)14-8(3-4-9(17)18)15-11(10)16(6)2/h3-4H,1-2H3,(H,17,18). The smallest absolute Gasteiger partial charge is 0.328 e. The molecule has 0 saturated carbocycles. The second kappa shape index (κ2) is 4.25. The first-order valence-electron chi connectivity index (χ1n) is 5.05. The van der Waals surface area contributed by atoms with Gasteiger partial charge in [0.05, 0.1) is 0 Å². The number of nitrogens with zero attached hydrogens (tertiary/aromatic N) is 5. The first kappa shape index (κ1) is 11.7. The molecular weight excluding hydrogens is 234 g/mol. The van der Waals surface area contributed by atoms with Crippen molar-refractivity contribution in [2.75, 3.05) is 0 Å². The second-order valence-electron chi connectivity index (χ2n) is 3.60. The van der Waals surface area contributed by atoms with Gasteiger partial charge in [-0.3, -0.25) is 0 Å². The van der Waals surface area contributed by atoms with Crippen LogP contribution in [0.25, 0.3) is 17.2 Å². The Morgan fingerprint density at radius 1 is 1.44 bits per heavy atom. The predicted molar refractivity (Wildman–Crippen MR) is 62.4 cm³/mol. The zero-order chi connectivity index (χ0) is 13.3. The van der Waals surface area contributed by atoms with E-state index < -0.39 is 5.97 Å². The Bertz CT molecular complexity index is 708. The van der Waals surface area contributed by atoms with E-state index in [1.54, 1.807) is 18.5 Å². The van der Waals surface area contributed by atoms with Crippen LogP contribution in [-0.4, -0.2) is 30.6 Å². The molecule has 0 fully saturated rings. The van der Waals surface area contributed by atoms with E-state index in [-0.39, 0.29) is 11.5 Å². The molecule has 7 nitrogen and oxygen atoms in total. The average molecular weight is 243 g/mol. The number of rotatable bonds is 2. The minimum atomic E-state index is -1.10. The lowest BCUT2D eigenvalue weighted by Gasteiger charge is -1.98. The molecule has 0 saturated heterocycles. The van der Waals surface area contributed by atoms with E-state index >= 15 is 0 Å². The van der Waals surface area contributed by atoms with Crippen molar-refractivity contribution in [1.82, 2.24) is 19.5 Å². The number of carboxylic acid groups (broad SMARTS) is 1. The van der Waals surface area contributed by atoms with Gasteiger partial charge in [0.2, 0.25) is 0 Å². The van der Waals surface area contributed by atoms with Crippen LogP contribution in [0.2, 0.25) is 0 Å². The van der Waals surface area contributed by atoms with Crippen LogP contribution >= 0.6 is 0 Å². The van der Waals surface area contributed by atoms with E-state index in [9.17, 15) is 4.79 Å². The highest BCUT2D eigenvalue weighted by molar-refractivity contribution is 5.85. The molecule has 2 rings (SSSR count). The highest BCUT2D eigenvalue weighted by Crippen LogP contribution is 2.15. The summed E-state index contributed by atoms with van der Waals surface area (Å²) in [5.74, 6) is -0.224. The van der Waals surface area contributed by atoms with Crippen LogP contribution in [0.5, 0.6) is 0 Å². The van der Waals surface area contributed by atoms with E-state index in [1.807, 2.05) is 6.07 Å². The SMILES string of the molecule is Cc1nc2c(C#N)nc(C=CC(=O)O)nc2n1C. The fraction of sp³-hybridized carbons (Fsp3) is 0.182. The number of aromatic nitrogens is 4. The summed E-state index contributed by atoms with van der Waals surface area (Å²) in [4.78, 5) is 22.7. The van der Waals surface area contributed by atoms with Crippen LogP contribution in [0.1, 0.15) is 17.3 Å². The maximum absolute atomic E-state index is 10.4. The van der Waals surface area contributed by atoms with Gasteiger partial charge in [0, 0.05) is 13.1 Å². The van der Waals surface area contributed by atoms with Gasteiger partial charge in [-0.1, -0.05) is 0 Å². The van der Waals surface area contributed by atoms with Crippen LogP contribution in [0.4, 0.5) is 0 Å². The minimum absolute atomic E-state index is 0.133. The van der Waals surface area contributed by atoms with Crippen molar-refractivity contribution in [2.45, 2.75) is 6.92 Å². The zero-order valence-electron chi connectivity index (χ0n) is 9.75. The van der Waals surface area contributed by atoms with Crippen molar-refractivity contribution >= 4 is 23.2 Å². The number of nitriles is 1. The Morgan fingerprint density at radius 2 is 2.17 bits per heavy atom. The lowest BCUT2D eigenvalue weighted by molar-refractivity contribution is -0.131. The van der Waals surface area contributed by atoms with Crippen molar-refractivity contribution in [3.05, 3.63) is 23.4 Å². The third kappa shape index (κ3) is 1.91. The number of fused-ring (bicyclic) bond motifs is 1. The molecule has 2 aromatic rings. The number of aryl methyl sites for hydroxylation is 2. The monoisotopic (exact) mass is 243 g/mol. The molecule has 0 atom stereocenters. The van der Waals surface area contributed by atoms with Gasteiger partial charge in [-0.15, -0.1) is 0 Å². The van der Waals surface area contributed by atoms with Gasteiger partial charge in [0.25, 0.3) is 0 Å². The molecule has 0 aliphatic carbocycles. The normalized spacial score (nSPS) is 10.9. The van der Waals surface area contributed by atoms with Crippen molar-refractivity contribution < 1.29 is 9.90 Å². The van der Waals surface area contributed by atoms with E-state index in [2.05, 4.69) is 15.0 Å². The summed E-state index contributed by atoms with van der Waals surface area (Å²) in [5, 5.41) is 17.6. The number of carbonyl (C=O) groups is 1. The van der Waals surface area contributed by atoms with Crippen molar-refractivity contribution in [2.24, 2.45) is 7.05 Å². The lowest BCUT2D eigenvalue weighted by Crippen LogP contribution is -1.98. The van der Waals surface area contributed by atoms with Crippen LogP contribution in [0.15, 0.2) is 6.08 Å². The molecule has 2 aromatic heterocycles. The maximum atomic E-state index is 10.4. The Kier molecular flexibility index (Phi) is 2.77. The van der Waals surface area contributed by atoms with Crippen molar-refractivity contribution in [1.29, 1.82) is 5.26 Å². The molecule has 0 aromatic carbocycles. The summed E-state index contributed by atoms with van der Waals surface area (Å²) >= 11 is 0. The highest BCUT2D eigenvalue weighted by Gasteiger charge is 2.12. The third-order valence-corrected chi connectivity index (χ3v) is 2.44. The molecule has 0 radical (unpaired) electrons. The van der Waals surface area contributed by atoms with Gasteiger partial charge in [0.1, 0.15) is 17.4 Å². The highest BCUT2D eigenvalue weighted by atomic mass is 16.4. The number of hydrogen-bond acceptors (Lipinski definition) is 5. The van der Waals surface area contributed by atoms with Crippen LogP contribution < -0.4 is 0 Å². The molecule has 0 amide bonds. The predicted octanol–water partition coefficient (Wildman–Crippen LogP) is 0.641. The van der Waals surface area contributed by atoms with Gasteiger partial charge in [0.15, 0.2) is 17.2 Å². The quantitative estimate of drug-likeness (QED) is 0.776. The van der Waals surface area contributed by atoms with Crippen molar-refractivity contribution in [3.8, 4) is 6.07 Å². The Morgan fingerprint density at radius 3 is 2.78 bits per heavy atom. The Labute approximate surface area is 102 Å². The Hall–Kier alpha value is -2.75.